The topological polar surface area (TPSA) is 30.5 Å². The highest BCUT2D eigenvalue weighted by atomic mass is 16.5. The molecule has 0 bridgehead atoms. The van der Waals surface area contributed by atoms with Crippen molar-refractivity contribution in [3.05, 3.63) is 29.8 Å². The fourth-order valence-corrected chi connectivity index (χ4v) is 2.61. The maximum Gasteiger partial charge on any atom is 0.119 e. The van der Waals surface area contributed by atoms with Crippen LogP contribution in [0.4, 0.5) is 0 Å². The van der Waals surface area contributed by atoms with E-state index in [1.54, 1.807) is 0 Å². The Hall–Kier alpha value is -1.06. The van der Waals surface area contributed by atoms with Gasteiger partial charge in [0.2, 0.25) is 0 Å². The maximum atomic E-state index is 6.07. The van der Waals surface area contributed by atoms with Crippen LogP contribution in [0.5, 0.6) is 5.75 Å². The molecule has 0 spiro atoms. The predicted octanol–water partition coefficient (Wildman–Crippen LogP) is 4.19. The summed E-state index contributed by atoms with van der Waals surface area (Å²) in [6.07, 6.45) is 0.110. The fraction of sp³-hybridized carbons (Fsp3) is 0.667. The van der Waals surface area contributed by atoms with Crippen molar-refractivity contribution >= 4 is 0 Å². The molecule has 0 saturated carbocycles. The zero-order valence-electron chi connectivity index (χ0n) is 14.4. The molecule has 0 radical (unpaired) electrons. The number of benzene rings is 1. The van der Waals surface area contributed by atoms with E-state index in [0.29, 0.717) is 6.61 Å². The SMILES string of the molecule is CCNC(c1cccc(OCC)c1)C(OCC)C(C)(C)C. The molecule has 2 unspecified atom stereocenters. The summed E-state index contributed by atoms with van der Waals surface area (Å²) in [7, 11) is 0. The first-order chi connectivity index (χ1) is 9.93. The van der Waals surface area contributed by atoms with Gasteiger partial charge in [0.25, 0.3) is 0 Å². The number of hydrogen-bond acceptors (Lipinski definition) is 3. The summed E-state index contributed by atoms with van der Waals surface area (Å²) in [6, 6.07) is 8.48. The van der Waals surface area contributed by atoms with Crippen LogP contribution >= 0.6 is 0 Å². The third-order valence-electron chi connectivity index (χ3n) is 3.45. The zero-order valence-corrected chi connectivity index (χ0v) is 14.4. The minimum Gasteiger partial charge on any atom is -0.494 e. The van der Waals surface area contributed by atoms with E-state index < -0.39 is 0 Å². The maximum absolute atomic E-state index is 6.07. The predicted molar refractivity (Wildman–Crippen MR) is 88.9 cm³/mol. The Labute approximate surface area is 130 Å². The third-order valence-corrected chi connectivity index (χ3v) is 3.45. The van der Waals surface area contributed by atoms with Gasteiger partial charge >= 0.3 is 0 Å². The summed E-state index contributed by atoms with van der Waals surface area (Å²) in [4.78, 5) is 0. The number of likely N-dealkylation sites (N-methyl/N-ethyl adjacent to an activating group) is 1. The molecule has 0 fully saturated rings. The van der Waals surface area contributed by atoms with Crippen molar-refractivity contribution in [2.45, 2.75) is 53.7 Å². The summed E-state index contributed by atoms with van der Waals surface area (Å²) in [5.74, 6) is 0.919. The summed E-state index contributed by atoms with van der Waals surface area (Å²) in [5.41, 5.74) is 1.28. The Kier molecular flexibility index (Phi) is 7.20. The fourth-order valence-electron chi connectivity index (χ4n) is 2.61. The molecular formula is C18H31NO2. The molecule has 120 valence electrons. The van der Waals surface area contributed by atoms with Gasteiger partial charge in [-0.3, -0.25) is 0 Å². The molecule has 21 heavy (non-hydrogen) atoms. The lowest BCUT2D eigenvalue weighted by molar-refractivity contribution is -0.0363. The molecule has 2 atom stereocenters. The quantitative estimate of drug-likeness (QED) is 0.779. The Balaban J connectivity index is 3.11. The van der Waals surface area contributed by atoms with Crippen LogP contribution in [0.2, 0.25) is 0 Å². The Morgan fingerprint density at radius 1 is 1.10 bits per heavy atom. The van der Waals surface area contributed by atoms with E-state index in [4.69, 9.17) is 9.47 Å². The molecule has 3 nitrogen and oxygen atoms in total. The van der Waals surface area contributed by atoms with Crippen molar-refractivity contribution in [3.63, 3.8) is 0 Å². The average molecular weight is 293 g/mol. The average Bonchev–Trinajstić information content (AvgIpc) is 2.42. The second-order valence-corrected chi connectivity index (χ2v) is 6.28. The third kappa shape index (κ3) is 5.33. The lowest BCUT2D eigenvalue weighted by atomic mass is 9.82. The lowest BCUT2D eigenvalue weighted by Crippen LogP contribution is -2.42. The molecule has 0 amide bonds. The van der Waals surface area contributed by atoms with Crippen molar-refractivity contribution in [2.24, 2.45) is 5.41 Å². The van der Waals surface area contributed by atoms with Crippen LogP contribution in [0.15, 0.2) is 24.3 Å². The van der Waals surface area contributed by atoms with Crippen LogP contribution in [0.1, 0.15) is 53.1 Å². The highest BCUT2D eigenvalue weighted by Crippen LogP contribution is 2.34. The summed E-state index contributed by atoms with van der Waals surface area (Å²) in [6.45, 7) is 15.2. The molecule has 1 aromatic carbocycles. The van der Waals surface area contributed by atoms with Gasteiger partial charge in [0.15, 0.2) is 0 Å². The van der Waals surface area contributed by atoms with Gasteiger partial charge in [0.1, 0.15) is 5.75 Å². The number of nitrogens with one attached hydrogen (secondary N) is 1. The summed E-state index contributed by atoms with van der Waals surface area (Å²) >= 11 is 0. The second-order valence-electron chi connectivity index (χ2n) is 6.28. The molecular weight excluding hydrogens is 262 g/mol. The largest absolute Gasteiger partial charge is 0.494 e. The molecule has 0 heterocycles. The zero-order chi connectivity index (χ0) is 15.9. The highest BCUT2D eigenvalue weighted by Gasteiger charge is 2.33. The van der Waals surface area contributed by atoms with Crippen LogP contribution in [0.25, 0.3) is 0 Å². The van der Waals surface area contributed by atoms with Crippen molar-refractivity contribution in [1.82, 2.24) is 5.32 Å². The lowest BCUT2D eigenvalue weighted by Gasteiger charge is -2.37. The van der Waals surface area contributed by atoms with Crippen molar-refractivity contribution in [2.75, 3.05) is 19.8 Å². The molecule has 0 aliphatic rings. The summed E-state index contributed by atoms with van der Waals surface area (Å²) < 4.78 is 11.7. The van der Waals surface area contributed by atoms with Crippen molar-refractivity contribution in [1.29, 1.82) is 0 Å². The van der Waals surface area contributed by atoms with Gasteiger partial charge < -0.3 is 14.8 Å². The number of rotatable bonds is 8. The van der Waals surface area contributed by atoms with Crippen LogP contribution in [-0.2, 0) is 4.74 Å². The molecule has 3 heteroatoms. The minimum absolute atomic E-state index is 0.0600. The van der Waals surface area contributed by atoms with Gasteiger partial charge in [-0.15, -0.1) is 0 Å². The Morgan fingerprint density at radius 2 is 1.81 bits per heavy atom. The van der Waals surface area contributed by atoms with E-state index in [1.165, 1.54) is 5.56 Å². The second kappa shape index (κ2) is 8.40. The van der Waals surface area contributed by atoms with E-state index >= 15 is 0 Å². The van der Waals surface area contributed by atoms with Gasteiger partial charge in [0, 0.05) is 6.61 Å². The normalized spacial score (nSPS) is 14.8. The van der Waals surface area contributed by atoms with Gasteiger partial charge in [-0.2, -0.15) is 0 Å². The van der Waals surface area contributed by atoms with Crippen molar-refractivity contribution < 1.29 is 9.47 Å². The molecule has 1 aromatic rings. The number of ether oxygens (including phenoxy) is 2. The molecule has 0 aliphatic carbocycles. The van der Waals surface area contributed by atoms with Crippen LogP contribution in [-0.4, -0.2) is 25.9 Å². The number of hydrogen-bond donors (Lipinski definition) is 1. The van der Waals surface area contributed by atoms with E-state index in [9.17, 15) is 0 Å². The van der Waals surface area contributed by atoms with Gasteiger partial charge in [-0.1, -0.05) is 39.8 Å². The first-order valence-corrected chi connectivity index (χ1v) is 8.01. The van der Waals surface area contributed by atoms with E-state index in [2.05, 4.69) is 58.1 Å². The molecule has 0 aromatic heterocycles. The van der Waals surface area contributed by atoms with Crippen LogP contribution in [0.3, 0.4) is 0 Å². The van der Waals surface area contributed by atoms with Crippen LogP contribution in [0, 0.1) is 5.41 Å². The molecule has 0 saturated heterocycles. The van der Waals surface area contributed by atoms with E-state index in [-0.39, 0.29) is 17.6 Å². The minimum atomic E-state index is 0.0600. The highest BCUT2D eigenvalue weighted by molar-refractivity contribution is 5.31. The first kappa shape index (κ1) is 18.0. The van der Waals surface area contributed by atoms with Crippen LogP contribution < -0.4 is 10.1 Å². The molecule has 1 N–H and O–H groups in total. The summed E-state index contributed by atoms with van der Waals surface area (Å²) in [5, 5.41) is 3.58. The standard InChI is InChI=1S/C18H31NO2/c1-7-19-16(17(21-9-3)18(4,5)6)14-11-10-12-15(13-14)20-8-2/h10-13,16-17,19H,7-9H2,1-6H3. The monoisotopic (exact) mass is 293 g/mol. The first-order valence-electron chi connectivity index (χ1n) is 8.01. The van der Waals surface area contributed by atoms with Crippen molar-refractivity contribution in [3.8, 4) is 5.75 Å². The Bertz CT molecular complexity index is 412. The van der Waals surface area contributed by atoms with E-state index in [0.717, 1.165) is 18.9 Å². The van der Waals surface area contributed by atoms with Gasteiger partial charge in [-0.25, -0.2) is 0 Å². The smallest absolute Gasteiger partial charge is 0.119 e. The molecule has 1 rings (SSSR count). The van der Waals surface area contributed by atoms with Gasteiger partial charge in [-0.05, 0) is 43.5 Å². The molecule has 0 aliphatic heterocycles. The van der Waals surface area contributed by atoms with Gasteiger partial charge in [0.05, 0.1) is 18.8 Å². The van der Waals surface area contributed by atoms with E-state index in [1.807, 2.05) is 13.0 Å². The Morgan fingerprint density at radius 3 is 2.33 bits per heavy atom.